The number of likely N-dealkylation sites (tertiary alicyclic amines) is 1. The van der Waals surface area contributed by atoms with E-state index in [4.69, 9.17) is 17.3 Å². The van der Waals surface area contributed by atoms with Gasteiger partial charge >= 0.3 is 0 Å². The predicted molar refractivity (Wildman–Crippen MR) is 83.2 cm³/mol. The molecule has 1 aliphatic rings. The smallest absolute Gasteiger partial charge is 0.238 e. The maximum absolute atomic E-state index is 12.0. The topological polar surface area (TPSA) is 75.4 Å². The molecule has 0 bridgehead atoms. The van der Waals surface area contributed by atoms with E-state index in [1.54, 1.807) is 6.07 Å². The van der Waals surface area contributed by atoms with Gasteiger partial charge < -0.3 is 11.1 Å². The van der Waals surface area contributed by atoms with E-state index in [0.717, 1.165) is 5.56 Å². The van der Waals surface area contributed by atoms with Crippen LogP contribution >= 0.6 is 11.6 Å². The number of piperidine rings is 1. The van der Waals surface area contributed by atoms with Crippen LogP contribution in [0.15, 0.2) is 18.2 Å². The second kappa shape index (κ2) is 6.91. The fourth-order valence-corrected chi connectivity index (χ4v) is 2.77. The lowest BCUT2D eigenvalue weighted by Crippen LogP contribution is -2.42. The number of rotatable bonds is 4. The number of nitrogens with two attached hydrogens (primary N) is 1. The molecule has 1 fully saturated rings. The molecule has 0 aromatic heterocycles. The van der Waals surface area contributed by atoms with Crippen molar-refractivity contribution in [1.29, 1.82) is 0 Å². The summed E-state index contributed by atoms with van der Waals surface area (Å²) in [5, 5.41) is 3.35. The van der Waals surface area contributed by atoms with Crippen molar-refractivity contribution >= 4 is 29.1 Å². The van der Waals surface area contributed by atoms with Crippen LogP contribution in [0.5, 0.6) is 0 Å². The second-order valence-corrected chi connectivity index (χ2v) is 5.89. The summed E-state index contributed by atoms with van der Waals surface area (Å²) in [5.74, 6) is -0.403. The highest BCUT2D eigenvalue weighted by molar-refractivity contribution is 6.33. The molecule has 2 amide bonds. The van der Waals surface area contributed by atoms with Crippen LogP contribution in [0.2, 0.25) is 5.02 Å². The molecule has 0 radical (unpaired) electrons. The number of anilines is 1. The maximum Gasteiger partial charge on any atom is 0.238 e. The third-order valence-electron chi connectivity index (χ3n) is 3.76. The Kier molecular flexibility index (Phi) is 5.20. The molecule has 0 spiro atoms. The normalized spacial score (nSPS) is 16.7. The van der Waals surface area contributed by atoms with Gasteiger partial charge in [0.1, 0.15) is 0 Å². The molecule has 1 aromatic rings. The number of primary amides is 1. The Morgan fingerprint density at radius 1 is 1.38 bits per heavy atom. The van der Waals surface area contributed by atoms with Crippen molar-refractivity contribution in [3.05, 3.63) is 28.8 Å². The molecule has 0 atom stereocenters. The first-order valence-electron chi connectivity index (χ1n) is 7.03. The van der Waals surface area contributed by atoms with Gasteiger partial charge in [-0.25, -0.2) is 0 Å². The van der Waals surface area contributed by atoms with E-state index in [2.05, 4.69) is 5.32 Å². The summed E-state index contributed by atoms with van der Waals surface area (Å²) < 4.78 is 0. The Balaban J connectivity index is 1.84. The zero-order valence-electron chi connectivity index (χ0n) is 12.1. The number of nitrogens with one attached hydrogen (secondary N) is 1. The van der Waals surface area contributed by atoms with Gasteiger partial charge in [-0.1, -0.05) is 17.7 Å². The van der Waals surface area contributed by atoms with Crippen LogP contribution in [-0.4, -0.2) is 36.3 Å². The van der Waals surface area contributed by atoms with Gasteiger partial charge in [-0.2, -0.15) is 0 Å². The number of benzene rings is 1. The van der Waals surface area contributed by atoms with Crippen molar-refractivity contribution < 1.29 is 9.59 Å². The Hall–Kier alpha value is -1.59. The SMILES string of the molecule is Cc1ccc(NC(=O)CN2CCC(C(N)=O)CC2)c(Cl)c1. The van der Waals surface area contributed by atoms with Gasteiger partial charge in [0.2, 0.25) is 11.8 Å². The van der Waals surface area contributed by atoms with E-state index >= 15 is 0 Å². The van der Waals surface area contributed by atoms with Crippen molar-refractivity contribution in [3.63, 3.8) is 0 Å². The van der Waals surface area contributed by atoms with Crippen molar-refractivity contribution in [2.45, 2.75) is 19.8 Å². The van der Waals surface area contributed by atoms with Crippen molar-refractivity contribution in [2.24, 2.45) is 11.7 Å². The fraction of sp³-hybridized carbons (Fsp3) is 0.467. The molecule has 1 heterocycles. The molecule has 21 heavy (non-hydrogen) atoms. The van der Waals surface area contributed by atoms with Crippen LogP contribution < -0.4 is 11.1 Å². The minimum absolute atomic E-state index is 0.0594. The van der Waals surface area contributed by atoms with E-state index in [9.17, 15) is 9.59 Å². The first kappa shape index (κ1) is 15.8. The largest absolute Gasteiger partial charge is 0.369 e. The zero-order chi connectivity index (χ0) is 15.4. The number of halogens is 1. The molecule has 1 aromatic carbocycles. The number of aryl methyl sites for hydroxylation is 1. The first-order chi connectivity index (χ1) is 9.95. The lowest BCUT2D eigenvalue weighted by Gasteiger charge is -2.29. The summed E-state index contributed by atoms with van der Waals surface area (Å²) in [4.78, 5) is 25.2. The highest BCUT2D eigenvalue weighted by Gasteiger charge is 2.24. The number of hydrogen-bond donors (Lipinski definition) is 2. The molecule has 3 N–H and O–H groups in total. The van der Waals surface area contributed by atoms with Crippen LogP contribution in [0.4, 0.5) is 5.69 Å². The van der Waals surface area contributed by atoms with E-state index in [1.165, 1.54) is 0 Å². The summed E-state index contributed by atoms with van der Waals surface area (Å²) in [5.41, 5.74) is 6.97. The molecular weight excluding hydrogens is 290 g/mol. The minimum Gasteiger partial charge on any atom is -0.369 e. The Bertz CT molecular complexity index is 540. The fourth-order valence-electron chi connectivity index (χ4n) is 2.49. The van der Waals surface area contributed by atoms with E-state index < -0.39 is 0 Å². The van der Waals surface area contributed by atoms with Crippen molar-refractivity contribution in [1.82, 2.24) is 4.90 Å². The molecule has 1 saturated heterocycles. The molecule has 0 saturated carbocycles. The molecular formula is C15H20ClN3O2. The number of carbonyl (C=O) groups excluding carboxylic acids is 2. The lowest BCUT2D eigenvalue weighted by atomic mass is 9.96. The number of amides is 2. The molecule has 114 valence electrons. The maximum atomic E-state index is 12.0. The first-order valence-corrected chi connectivity index (χ1v) is 7.41. The quantitative estimate of drug-likeness (QED) is 0.890. The van der Waals surface area contributed by atoms with E-state index in [0.29, 0.717) is 43.2 Å². The standard InChI is InChI=1S/C15H20ClN3O2/c1-10-2-3-13(12(16)8-10)18-14(20)9-19-6-4-11(5-7-19)15(17)21/h2-3,8,11H,4-7,9H2,1H3,(H2,17,21)(H,18,20). The summed E-state index contributed by atoms with van der Waals surface area (Å²) >= 11 is 6.09. The average Bonchev–Trinajstić information content (AvgIpc) is 2.42. The predicted octanol–water partition coefficient (Wildman–Crippen LogP) is 1.78. The summed E-state index contributed by atoms with van der Waals surface area (Å²) in [7, 11) is 0. The number of hydrogen-bond acceptors (Lipinski definition) is 3. The van der Waals surface area contributed by atoms with Gasteiger partial charge in [0.25, 0.3) is 0 Å². The Labute approximate surface area is 129 Å². The van der Waals surface area contributed by atoms with Crippen LogP contribution in [0.25, 0.3) is 0 Å². The Morgan fingerprint density at radius 3 is 2.62 bits per heavy atom. The molecule has 2 rings (SSSR count). The van der Waals surface area contributed by atoms with E-state index in [-0.39, 0.29) is 17.7 Å². The molecule has 5 nitrogen and oxygen atoms in total. The van der Waals surface area contributed by atoms with Gasteiger partial charge in [0.05, 0.1) is 17.3 Å². The summed E-state index contributed by atoms with van der Waals surface area (Å²) in [6.07, 6.45) is 1.43. The van der Waals surface area contributed by atoms with Gasteiger partial charge in [0, 0.05) is 5.92 Å². The Morgan fingerprint density at radius 2 is 2.05 bits per heavy atom. The highest BCUT2D eigenvalue weighted by Crippen LogP contribution is 2.23. The molecule has 0 unspecified atom stereocenters. The lowest BCUT2D eigenvalue weighted by molar-refractivity contribution is -0.123. The summed E-state index contributed by atoms with van der Waals surface area (Å²) in [6.45, 7) is 3.67. The van der Waals surface area contributed by atoms with Gasteiger partial charge in [-0.15, -0.1) is 0 Å². The van der Waals surface area contributed by atoms with E-state index in [1.807, 2.05) is 24.0 Å². The number of carbonyl (C=O) groups is 2. The van der Waals surface area contributed by atoms with Crippen LogP contribution in [0.1, 0.15) is 18.4 Å². The van der Waals surface area contributed by atoms with Crippen molar-refractivity contribution in [2.75, 3.05) is 25.0 Å². The van der Waals surface area contributed by atoms with Crippen LogP contribution in [0, 0.1) is 12.8 Å². The third kappa shape index (κ3) is 4.44. The molecule has 1 aliphatic heterocycles. The third-order valence-corrected chi connectivity index (χ3v) is 4.07. The second-order valence-electron chi connectivity index (χ2n) is 5.48. The minimum atomic E-state index is -0.245. The van der Waals surface area contributed by atoms with Gasteiger partial charge in [-0.3, -0.25) is 14.5 Å². The molecule has 0 aliphatic carbocycles. The van der Waals surface area contributed by atoms with Crippen LogP contribution in [-0.2, 0) is 9.59 Å². The summed E-state index contributed by atoms with van der Waals surface area (Å²) in [6, 6.07) is 5.52. The monoisotopic (exact) mass is 309 g/mol. The highest BCUT2D eigenvalue weighted by atomic mass is 35.5. The molecule has 6 heteroatoms. The average molecular weight is 310 g/mol. The van der Waals surface area contributed by atoms with Gasteiger partial charge in [-0.05, 0) is 50.6 Å². The van der Waals surface area contributed by atoms with Gasteiger partial charge in [0.15, 0.2) is 0 Å². The van der Waals surface area contributed by atoms with Crippen LogP contribution in [0.3, 0.4) is 0 Å². The zero-order valence-corrected chi connectivity index (χ0v) is 12.8. The van der Waals surface area contributed by atoms with Crippen molar-refractivity contribution in [3.8, 4) is 0 Å². The number of nitrogens with zero attached hydrogens (tertiary/aromatic N) is 1.